The Morgan fingerprint density at radius 1 is 1.16 bits per heavy atom. The predicted molar refractivity (Wildman–Crippen MR) is 119 cm³/mol. The lowest BCUT2D eigenvalue weighted by Gasteiger charge is -2.21. The average Bonchev–Trinajstić information content (AvgIpc) is 3.07. The van der Waals surface area contributed by atoms with Crippen molar-refractivity contribution in [3.05, 3.63) is 53.6 Å². The largest absolute Gasteiger partial charge is 0.494 e. The quantitative estimate of drug-likeness (QED) is 0.511. The summed E-state index contributed by atoms with van der Waals surface area (Å²) in [4.78, 5) is 6.93. The van der Waals surface area contributed by atoms with Crippen molar-refractivity contribution < 1.29 is 17.5 Å². The van der Waals surface area contributed by atoms with Crippen LogP contribution in [0.5, 0.6) is 5.75 Å². The number of rotatable bonds is 10. The van der Waals surface area contributed by atoms with Crippen molar-refractivity contribution in [2.24, 2.45) is 5.14 Å². The fourth-order valence-electron chi connectivity index (χ4n) is 3.57. The Morgan fingerprint density at radius 2 is 1.94 bits per heavy atom. The van der Waals surface area contributed by atoms with Gasteiger partial charge in [0.1, 0.15) is 5.82 Å². The number of hydrogen-bond donors (Lipinski definition) is 1. The maximum Gasteiger partial charge on any atom is 0.238 e. The molecule has 168 valence electrons. The second kappa shape index (κ2) is 9.76. The van der Waals surface area contributed by atoms with E-state index in [1.165, 1.54) is 25.3 Å². The van der Waals surface area contributed by atoms with Crippen LogP contribution in [0.2, 0.25) is 0 Å². The number of fused-ring (bicyclic) bond motifs is 1. The van der Waals surface area contributed by atoms with Gasteiger partial charge in [-0.15, -0.1) is 0 Å². The number of nitrogens with two attached hydrogens (primary N) is 1. The first-order chi connectivity index (χ1) is 14.8. The third kappa shape index (κ3) is 5.41. The van der Waals surface area contributed by atoms with E-state index in [1.807, 2.05) is 13.0 Å². The van der Waals surface area contributed by atoms with E-state index in [9.17, 15) is 12.8 Å². The van der Waals surface area contributed by atoms with Crippen LogP contribution in [0.1, 0.15) is 38.1 Å². The van der Waals surface area contributed by atoms with Gasteiger partial charge in [-0.05, 0) is 48.9 Å². The molecule has 2 aromatic carbocycles. The van der Waals surface area contributed by atoms with Crippen molar-refractivity contribution in [2.75, 3.05) is 13.7 Å². The highest BCUT2D eigenvalue weighted by Crippen LogP contribution is 2.23. The molecule has 0 amide bonds. The minimum atomic E-state index is -3.80. The Morgan fingerprint density at radius 3 is 2.55 bits per heavy atom. The van der Waals surface area contributed by atoms with E-state index in [2.05, 4.69) is 16.4 Å². The van der Waals surface area contributed by atoms with Crippen LogP contribution in [0.3, 0.4) is 0 Å². The highest BCUT2D eigenvalue weighted by Gasteiger charge is 2.17. The molecule has 0 aliphatic rings. The Balaban J connectivity index is 1.92. The maximum absolute atomic E-state index is 14.1. The molecule has 0 radical (unpaired) electrons. The second-order valence-corrected chi connectivity index (χ2v) is 9.06. The summed E-state index contributed by atoms with van der Waals surface area (Å²) in [5.74, 6) is 0.673. The van der Waals surface area contributed by atoms with E-state index in [-0.39, 0.29) is 16.5 Å². The van der Waals surface area contributed by atoms with Gasteiger partial charge in [0.25, 0.3) is 0 Å². The predicted octanol–water partition coefficient (Wildman–Crippen LogP) is 3.65. The van der Waals surface area contributed by atoms with Crippen LogP contribution in [0, 0.1) is 5.82 Å². The van der Waals surface area contributed by atoms with Gasteiger partial charge in [-0.3, -0.25) is 4.90 Å². The first kappa shape index (κ1) is 23.2. The van der Waals surface area contributed by atoms with Crippen LogP contribution in [-0.4, -0.2) is 36.5 Å². The van der Waals surface area contributed by atoms with Crippen molar-refractivity contribution in [3.8, 4) is 5.75 Å². The summed E-state index contributed by atoms with van der Waals surface area (Å²) in [7, 11) is -2.36. The first-order valence-electron chi connectivity index (χ1n) is 10.3. The van der Waals surface area contributed by atoms with Gasteiger partial charge in [-0.1, -0.05) is 26.3 Å². The van der Waals surface area contributed by atoms with E-state index in [4.69, 9.17) is 14.9 Å². The Hall–Kier alpha value is -2.49. The van der Waals surface area contributed by atoms with Gasteiger partial charge in [0.05, 0.1) is 29.6 Å². The molecule has 0 spiro atoms. The summed E-state index contributed by atoms with van der Waals surface area (Å²) in [6, 6.07) is 9.76. The normalized spacial score (nSPS) is 12.1. The number of unbranched alkanes of at least 4 members (excludes halogenated alkanes) is 1. The number of primary sulfonamides is 1. The molecule has 0 saturated carbocycles. The summed E-state index contributed by atoms with van der Waals surface area (Å²) in [5.41, 5.74) is 2.32. The summed E-state index contributed by atoms with van der Waals surface area (Å²) in [5, 5.41) is 5.28. The first-order valence-corrected chi connectivity index (χ1v) is 11.9. The van der Waals surface area contributed by atoms with Crippen LogP contribution in [0.25, 0.3) is 11.0 Å². The zero-order valence-corrected chi connectivity index (χ0v) is 19.0. The van der Waals surface area contributed by atoms with E-state index >= 15 is 0 Å². The van der Waals surface area contributed by atoms with Gasteiger partial charge in [-0.2, -0.15) is 0 Å². The third-order valence-corrected chi connectivity index (χ3v) is 6.21. The number of aryl methyl sites for hydroxylation is 1. The molecule has 0 bridgehead atoms. The fourth-order valence-corrected chi connectivity index (χ4v) is 4.10. The molecule has 3 aromatic rings. The maximum atomic E-state index is 14.1. The molecule has 0 saturated heterocycles. The average molecular weight is 449 g/mol. The van der Waals surface area contributed by atoms with Gasteiger partial charge in [-0.25, -0.2) is 22.9 Å². The molecular formula is C22H29FN4O3S. The fraction of sp³-hybridized carbons (Fsp3) is 0.409. The van der Waals surface area contributed by atoms with Gasteiger partial charge in [0.2, 0.25) is 10.0 Å². The number of halogens is 1. The number of aromatic nitrogens is 2. The molecule has 1 heterocycles. The molecule has 0 atom stereocenters. The Labute approximate surface area is 182 Å². The standard InChI is InChI=1S/C22H29FN4O3S/c1-4-6-11-27-20-9-8-17(31(24,28)29)13-19(20)25-22(27)15-26(5-2)14-16-7-10-21(30-3)18(23)12-16/h7-10,12-13H,4-6,11,14-15H2,1-3H3,(H2,24,28,29). The van der Waals surface area contributed by atoms with E-state index < -0.39 is 10.0 Å². The van der Waals surface area contributed by atoms with E-state index in [0.717, 1.165) is 42.8 Å². The zero-order valence-electron chi connectivity index (χ0n) is 18.1. The van der Waals surface area contributed by atoms with E-state index in [1.54, 1.807) is 12.1 Å². The lowest BCUT2D eigenvalue weighted by Crippen LogP contribution is -2.24. The zero-order chi connectivity index (χ0) is 22.6. The van der Waals surface area contributed by atoms with Gasteiger partial charge < -0.3 is 9.30 Å². The van der Waals surface area contributed by atoms with Crippen molar-refractivity contribution in [2.45, 2.75) is 51.2 Å². The molecule has 0 aliphatic carbocycles. The van der Waals surface area contributed by atoms with Crippen LogP contribution < -0.4 is 9.88 Å². The van der Waals surface area contributed by atoms with Crippen molar-refractivity contribution >= 4 is 21.1 Å². The minimum absolute atomic E-state index is 0.0488. The van der Waals surface area contributed by atoms with Crippen LogP contribution in [0.4, 0.5) is 4.39 Å². The Bertz CT molecular complexity index is 1160. The highest BCUT2D eigenvalue weighted by atomic mass is 32.2. The van der Waals surface area contributed by atoms with E-state index in [0.29, 0.717) is 18.6 Å². The summed E-state index contributed by atoms with van der Waals surface area (Å²) in [6.45, 7) is 6.79. The number of nitrogens with zero attached hydrogens (tertiary/aromatic N) is 3. The van der Waals surface area contributed by atoms with Gasteiger partial charge in [0.15, 0.2) is 11.6 Å². The number of hydrogen-bond acceptors (Lipinski definition) is 5. The van der Waals surface area contributed by atoms with Crippen molar-refractivity contribution in [1.82, 2.24) is 14.5 Å². The smallest absolute Gasteiger partial charge is 0.238 e. The number of sulfonamides is 1. The molecule has 0 fully saturated rings. The van der Waals surface area contributed by atoms with Gasteiger partial charge in [0, 0.05) is 13.1 Å². The topological polar surface area (TPSA) is 90.4 Å². The molecule has 3 rings (SSSR count). The van der Waals surface area contributed by atoms with Crippen LogP contribution in [-0.2, 0) is 29.7 Å². The molecule has 0 unspecified atom stereocenters. The molecule has 9 heteroatoms. The lowest BCUT2D eigenvalue weighted by molar-refractivity contribution is 0.260. The second-order valence-electron chi connectivity index (χ2n) is 7.50. The summed E-state index contributed by atoms with van der Waals surface area (Å²) >= 11 is 0. The minimum Gasteiger partial charge on any atom is -0.494 e. The summed E-state index contributed by atoms with van der Waals surface area (Å²) in [6.07, 6.45) is 2.00. The molecule has 2 N–H and O–H groups in total. The van der Waals surface area contributed by atoms with Crippen molar-refractivity contribution in [1.29, 1.82) is 0 Å². The molecular weight excluding hydrogens is 419 g/mol. The highest BCUT2D eigenvalue weighted by molar-refractivity contribution is 7.89. The number of methoxy groups -OCH3 is 1. The molecule has 1 aromatic heterocycles. The van der Waals surface area contributed by atoms with Crippen LogP contribution >= 0.6 is 0 Å². The number of benzene rings is 2. The summed E-state index contributed by atoms with van der Waals surface area (Å²) < 4.78 is 44.7. The Kier molecular flexibility index (Phi) is 7.30. The SMILES string of the molecule is CCCCn1c(CN(CC)Cc2ccc(OC)c(F)c2)nc2cc(S(N)(=O)=O)ccc21. The molecule has 7 nitrogen and oxygen atoms in total. The van der Waals surface area contributed by atoms with Crippen LogP contribution in [0.15, 0.2) is 41.3 Å². The van der Waals surface area contributed by atoms with Gasteiger partial charge >= 0.3 is 0 Å². The third-order valence-electron chi connectivity index (χ3n) is 5.30. The molecule has 0 aliphatic heterocycles. The number of imidazole rings is 1. The number of ether oxygens (including phenoxy) is 1. The monoisotopic (exact) mass is 448 g/mol. The lowest BCUT2D eigenvalue weighted by atomic mass is 10.2. The molecule has 31 heavy (non-hydrogen) atoms. The van der Waals surface area contributed by atoms with Crippen molar-refractivity contribution in [3.63, 3.8) is 0 Å².